The van der Waals surface area contributed by atoms with E-state index in [1.165, 1.54) is 0 Å². The Morgan fingerprint density at radius 2 is 2.11 bits per heavy atom. The van der Waals surface area contributed by atoms with Crippen molar-refractivity contribution in [2.24, 2.45) is 0 Å². The Kier molecular flexibility index (Phi) is 4.79. The fraction of sp³-hybridized carbons (Fsp3) is 0.429. The molecule has 0 saturated carbocycles. The van der Waals surface area contributed by atoms with Crippen molar-refractivity contribution in [1.29, 1.82) is 0 Å². The van der Waals surface area contributed by atoms with Gasteiger partial charge in [0, 0.05) is 6.54 Å². The number of nitrogens with zero attached hydrogens (tertiary/aromatic N) is 2. The molecule has 0 saturated heterocycles. The number of hydrogen-bond donors (Lipinski definition) is 1. The van der Waals surface area contributed by atoms with Gasteiger partial charge in [0.25, 0.3) is 0 Å². The van der Waals surface area contributed by atoms with E-state index in [9.17, 15) is 0 Å². The van der Waals surface area contributed by atoms with Crippen LogP contribution in [0.4, 0.5) is 5.82 Å². The number of rotatable bonds is 5. The van der Waals surface area contributed by atoms with E-state index in [2.05, 4.69) is 51.7 Å². The lowest BCUT2D eigenvalue weighted by Gasteiger charge is -2.11. The number of aromatic nitrogens is 2. The van der Waals surface area contributed by atoms with Gasteiger partial charge >= 0.3 is 0 Å². The molecule has 0 bridgehead atoms. The average molecular weight is 371 g/mol. The molecule has 5 heteroatoms. The first-order chi connectivity index (χ1) is 9.17. The molecule has 2 aromatic heterocycles. The molecule has 19 heavy (non-hydrogen) atoms. The summed E-state index contributed by atoms with van der Waals surface area (Å²) in [7, 11) is 0. The summed E-state index contributed by atoms with van der Waals surface area (Å²) in [6.45, 7) is 7.16. The Labute approximate surface area is 127 Å². The highest BCUT2D eigenvalue weighted by Gasteiger charge is 2.15. The van der Waals surface area contributed by atoms with E-state index in [0.29, 0.717) is 5.82 Å². The third-order valence-electron chi connectivity index (χ3n) is 2.86. The summed E-state index contributed by atoms with van der Waals surface area (Å²) in [5, 5.41) is 3.36. The van der Waals surface area contributed by atoms with E-state index < -0.39 is 0 Å². The summed E-state index contributed by atoms with van der Waals surface area (Å²) in [4.78, 5) is 9.21. The molecule has 0 radical (unpaired) electrons. The molecule has 0 unspecified atom stereocenters. The molecule has 0 aliphatic rings. The molecular formula is C14H18IN3O. The molecule has 0 aliphatic heterocycles. The largest absolute Gasteiger partial charge is 0.461 e. The topological polar surface area (TPSA) is 51.0 Å². The number of nitrogens with one attached hydrogen (secondary N) is 1. The lowest BCUT2D eigenvalue weighted by Crippen LogP contribution is -2.08. The highest BCUT2D eigenvalue weighted by molar-refractivity contribution is 14.1. The second-order valence-electron chi connectivity index (χ2n) is 4.37. The molecule has 0 atom stereocenters. The Morgan fingerprint density at radius 1 is 1.32 bits per heavy atom. The van der Waals surface area contributed by atoms with Crippen LogP contribution in [0.3, 0.4) is 0 Å². The molecule has 0 fully saturated rings. The highest BCUT2D eigenvalue weighted by atomic mass is 127. The maximum absolute atomic E-state index is 5.49. The standard InChI is InChI=1S/C14H18IN3O/c1-4-7-16-13-11(15)10(5-2)17-14(18-13)12-9(3)6-8-19-12/h6,8H,4-5,7H2,1-3H3,(H,16,17,18). The van der Waals surface area contributed by atoms with Crippen molar-refractivity contribution < 1.29 is 4.42 Å². The fourth-order valence-electron chi connectivity index (χ4n) is 1.79. The molecular weight excluding hydrogens is 353 g/mol. The molecule has 1 N–H and O–H groups in total. The van der Waals surface area contributed by atoms with E-state index in [1.807, 2.05) is 13.0 Å². The van der Waals surface area contributed by atoms with Gasteiger partial charge in [-0.25, -0.2) is 9.97 Å². The molecule has 102 valence electrons. The average Bonchev–Trinajstić information content (AvgIpc) is 2.84. The van der Waals surface area contributed by atoms with E-state index in [-0.39, 0.29) is 0 Å². The van der Waals surface area contributed by atoms with Crippen LogP contribution in [0.25, 0.3) is 11.6 Å². The van der Waals surface area contributed by atoms with Gasteiger partial charge in [-0.05, 0) is 54.0 Å². The maximum atomic E-state index is 5.49. The smallest absolute Gasteiger partial charge is 0.198 e. The lowest BCUT2D eigenvalue weighted by molar-refractivity contribution is 0.575. The monoisotopic (exact) mass is 371 g/mol. The molecule has 0 aromatic carbocycles. The summed E-state index contributed by atoms with van der Waals surface area (Å²) >= 11 is 2.31. The summed E-state index contributed by atoms with van der Waals surface area (Å²) in [5.41, 5.74) is 2.12. The minimum Gasteiger partial charge on any atom is -0.461 e. The third kappa shape index (κ3) is 3.08. The number of furan rings is 1. The first-order valence-corrected chi connectivity index (χ1v) is 7.60. The molecule has 2 rings (SSSR count). The van der Waals surface area contributed by atoms with Crippen molar-refractivity contribution in [2.45, 2.75) is 33.6 Å². The van der Waals surface area contributed by atoms with Gasteiger partial charge in [-0.1, -0.05) is 13.8 Å². The molecule has 0 spiro atoms. The summed E-state index contributed by atoms with van der Waals surface area (Å²) < 4.78 is 6.59. The van der Waals surface area contributed by atoms with Crippen LogP contribution in [0.5, 0.6) is 0 Å². The Hall–Kier alpha value is -1.11. The summed E-state index contributed by atoms with van der Waals surface area (Å²) in [6, 6.07) is 1.93. The van der Waals surface area contributed by atoms with Crippen molar-refractivity contribution in [3.63, 3.8) is 0 Å². The van der Waals surface area contributed by atoms with Gasteiger partial charge in [0.15, 0.2) is 11.6 Å². The number of aryl methyl sites for hydroxylation is 2. The van der Waals surface area contributed by atoms with E-state index in [1.54, 1.807) is 6.26 Å². The second-order valence-corrected chi connectivity index (χ2v) is 5.45. The third-order valence-corrected chi connectivity index (χ3v) is 4.00. The van der Waals surface area contributed by atoms with Gasteiger partial charge in [-0.3, -0.25) is 0 Å². The van der Waals surface area contributed by atoms with E-state index >= 15 is 0 Å². The van der Waals surface area contributed by atoms with Gasteiger partial charge in [-0.15, -0.1) is 0 Å². The Morgan fingerprint density at radius 3 is 2.68 bits per heavy atom. The van der Waals surface area contributed by atoms with E-state index in [4.69, 9.17) is 4.42 Å². The van der Waals surface area contributed by atoms with Crippen LogP contribution in [-0.4, -0.2) is 16.5 Å². The van der Waals surface area contributed by atoms with Crippen LogP contribution in [0.15, 0.2) is 16.7 Å². The minimum atomic E-state index is 0.665. The minimum absolute atomic E-state index is 0.665. The quantitative estimate of drug-likeness (QED) is 0.807. The Bertz CT molecular complexity index is 566. The SMILES string of the molecule is CCCNc1nc(-c2occc2C)nc(CC)c1I. The van der Waals surface area contributed by atoms with Crippen molar-refractivity contribution in [3.05, 3.63) is 27.2 Å². The normalized spacial score (nSPS) is 10.7. The van der Waals surface area contributed by atoms with Gasteiger partial charge < -0.3 is 9.73 Å². The van der Waals surface area contributed by atoms with Crippen molar-refractivity contribution in [1.82, 2.24) is 9.97 Å². The molecule has 0 amide bonds. The first kappa shape index (κ1) is 14.3. The highest BCUT2D eigenvalue weighted by Crippen LogP contribution is 2.26. The van der Waals surface area contributed by atoms with Gasteiger partial charge in [0.1, 0.15) is 5.82 Å². The summed E-state index contributed by atoms with van der Waals surface area (Å²) in [6.07, 6.45) is 3.63. The fourth-order valence-corrected chi connectivity index (χ4v) is 2.61. The second kappa shape index (κ2) is 6.36. The van der Waals surface area contributed by atoms with Gasteiger partial charge in [0.05, 0.1) is 15.5 Å². The molecule has 2 aromatic rings. The summed E-state index contributed by atoms with van der Waals surface area (Å²) in [5.74, 6) is 2.32. The predicted octanol–water partition coefficient (Wildman–Crippen LogP) is 4.03. The number of anilines is 1. The zero-order chi connectivity index (χ0) is 13.8. The predicted molar refractivity (Wildman–Crippen MR) is 85.3 cm³/mol. The van der Waals surface area contributed by atoms with Crippen LogP contribution in [-0.2, 0) is 6.42 Å². The van der Waals surface area contributed by atoms with Crippen molar-refractivity contribution in [3.8, 4) is 11.6 Å². The van der Waals surface area contributed by atoms with Crippen molar-refractivity contribution >= 4 is 28.4 Å². The first-order valence-electron chi connectivity index (χ1n) is 6.52. The molecule has 4 nitrogen and oxygen atoms in total. The zero-order valence-corrected chi connectivity index (χ0v) is 13.6. The molecule has 2 heterocycles. The number of hydrogen-bond acceptors (Lipinski definition) is 4. The van der Waals surface area contributed by atoms with Crippen LogP contribution in [0.2, 0.25) is 0 Å². The van der Waals surface area contributed by atoms with Crippen LogP contribution in [0.1, 0.15) is 31.5 Å². The van der Waals surface area contributed by atoms with Crippen LogP contribution in [0, 0.1) is 10.5 Å². The lowest BCUT2D eigenvalue weighted by atomic mass is 10.2. The van der Waals surface area contributed by atoms with Crippen LogP contribution < -0.4 is 5.32 Å². The Balaban J connectivity index is 2.47. The number of halogens is 1. The van der Waals surface area contributed by atoms with Gasteiger partial charge in [-0.2, -0.15) is 0 Å². The maximum Gasteiger partial charge on any atom is 0.198 e. The van der Waals surface area contributed by atoms with Gasteiger partial charge in [0.2, 0.25) is 0 Å². The van der Waals surface area contributed by atoms with Crippen molar-refractivity contribution in [2.75, 3.05) is 11.9 Å². The van der Waals surface area contributed by atoms with Crippen LogP contribution >= 0.6 is 22.6 Å². The molecule has 0 aliphatic carbocycles. The zero-order valence-electron chi connectivity index (χ0n) is 11.5. The van der Waals surface area contributed by atoms with E-state index in [0.717, 1.165) is 45.8 Å².